The van der Waals surface area contributed by atoms with Gasteiger partial charge >= 0.3 is 6.09 Å². The lowest BCUT2D eigenvalue weighted by Crippen LogP contribution is -2.53. The highest BCUT2D eigenvalue weighted by Gasteiger charge is 2.34. The minimum Gasteiger partial charge on any atom is -0.465 e. The number of carboxylic acid groups (broad SMARTS) is 1. The van der Waals surface area contributed by atoms with Crippen molar-refractivity contribution in [1.29, 1.82) is 0 Å². The van der Waals surface area contributed by atoms with Gasteiger partial charge in [0.1, 0.15) is 0 Å². The summed E-state index contributed by atoms with van der Waals surface area (Å²) >= 11 is 0. The van der Waals surface area contributed by atoms with Gasteiger partial charge in [0.2, 0.25) is 0 Å². The van der Waals surface area contributed by atoms with Crippen molar-refractivity contribution < 1.29 is 15.0 Å². The van der Waals surface area contributed by atoms with E-state index in [0.717, 1.165) is 0 Å². The third kappa shape index (κ3) is 4.08. The maximum absolute atomic E-state index is 11.2. The van der Waals surface area contributed by atoms with Gasteiger partial charge in [-0.3, -0.25) is 0 Å². The fourth-order valence-electron chi connectivity index (χ4n) is 1.82. The Bertz CT molecular complexity index is 208. The first-order valence-electron chi connectivity index (χ1n) is 5.35. The van der Waals surface area contributed by atoms with Crippen LogP contribution in [0.4, 0.5) is 4.79 Å². The summed E-state index contributed by atoms with van der Waals surface area (Å²) in [6, 6.07) is -0.132. The fraction of sp³-hybridized carbons (Fsp3) is 0.909. The van der Waals surface area contributed by atoms with Gasteiger partial charge in [-0.25, -0.2) is 4.79 Å². The number of hydrogen-bond acceptors (Lipinski definition) is 2. The predicted octanol–water partition coefficient (Wildman–Crippen LogP) is 2.17. The van der Waals surface area contributed by atoms with E-state index in [-0.39, 0.29) is 18.6 Å². The van der Waals surface area contributed by atoms with Crippen LogP contribution in [0.2, 0.25) is 0 Å². The third-order valence-corrected chi connectivity index (χ3v) is 2.45. The lowest BCUT2D eigenvalue weighted by Gasteiger charge is -2.41. The molecule has 0 aromatic heterocycles. The normalized spacial score (nSPS) is 14.1. The van der Waals surface area contributed by atoms with Crippen LogP contribution in [0, 0.1) is 5.92 Å². The number of carbonyl (C=O) groups is 1. The molecule has 1 unspecified atom stereocenters. The summed E-state index contributed by atoms with van der Waals surface area (Å²) in [5.74, 6) is 0.201. The van der Waals surface area contributed by atoms with E-state index in [4.69, 9.17) is 5.11 Å². The van der Waals surface area contributed by atoms with Crippen molar-refractivity contribution in [3.8, 4) is 0 Å². The fourth-order valence-corrected chi connectivity index (χ4v) is 1.82. The number of aliphatic hydroxyl groups is 1. The zero-order valence-corrected chi connectivity index (χ0v) is 10.3. The summed E-state index contributed by atoms with van der Waals surface area (Å²) in [5.41, 5.74) is -0.435. The van der Waals surface area contributed by atoms with Crippen LogP contribution in [0.3, 0.4) is 0 Å². The van der Waals surface area contributed by atoms with Gasteiger partial charge < -0.3 is 15.1 Å². The smallest absolute Gasteiger partial charge is 0.407 e. The SMILES string of the molecule is CC(C)C(CCO)N(C(=O)O)C(C)(C)C. The standard InChI is InChI=1S/C11H23NO3/c1-8(2)9(6-7-13)12(10(14)15)11(3,4)5/h8-9,13H,6-7H2,1-5H3,(H,14,15). The Kier molecular flexibility index (Phi) is 5.08. The molecule has 0 aliphatic heterocycles. The summed E-state index contributed by atoms with van der Waals surface area (Å²) in [5, 5.41) is 18.2. The van der Waals surface area contributed by atoms with Crippen LogP contribution >= 0.6 is 0 Å². The second-order valence-corrected chi connectivity index (χ2v) is 5.15. The Morgan fingerprint density at radius 1 is 1.33 bits per heavy atom. The van der Waals surface area contributed by atoms with E-state index >= 15 is 0 Å². The van der Waals surface area contributed by atoms with Gasteiger partial charge in [-0.1, -0.05) is 13.8 Å². The van der Waals surface area contributed by atoms with Crippen LogP contribution in [0.25, 0.3) is 0 Å². The van der Waals surface area contributed by atoms with Crippen molar-refractivity contribution in [2.45, 2.75) is 52.6 Å². The first-order chi connectivity index (χ1) is 6.71. The molecule has 4 nitrogen and oxygen atoms in total. The maximum Gasteiger partial charge on any atom is 0.407 e. The Morgan fingerprint density at radius 3 is 2.00 bits per heavy atom. The Balaban J connectivity index is 4.93. The van der Waals surface area contributed by atoms with Crippen molar-refractivity contribution in [2.75, 3.05) is 6.61 Å². The van der Waals surface area contributed by atoms with Crippen LogP contribution in [0.1, 0.15) is 41.0 Å². The van der Waals surface area contributed by atoms with Crippen molar-refractivity contribution >= 4 is 6.09 Å². The average molecular weight is 217 g/mol. The monoisotopic (exact) mass is 217 g/mol. The quantitative estimate of drug-likeness (QED) is 0.758. The van der Waals surface area contributed by atoms with Crippen LogP contribution in [-0.2, 0) is 0 Å². The minimum atomic E-state index is -0.922. The van der Waals surface area contributed by atoms with E-state index in [0.29, 0.717) is 6.42 Å². The lowest BCUT2D eigenvalue weighted by atomic mass is 9.94. The molecular weight excluding hydrogens is 194 g/mol. The van der Waals surface area contributed by atoms with E-state index < -0.39 is 11.6 Å². The molecule has 4 heteroatoms. The molecule has 0 saturated heterocycles. The summed E-state index contributed by atoms with van der Waals surface area (Å²) in [7, 11) is 0. The topological polar surface area (TPSA) is 60.8 Å². The Hall–Kier alpha value is -0.770. The van der Waals surface area contributed by atoms with Crippen molar-refractivity contribution in [3.05, 3.63) is 0 Å². The molecule has 0 saturated carbocycles. The van der Waals surface area contributed by atoms with E-state index in [2.05, 4.69) is 0 Å². The highest BCUT2D eigenvalue weighted by atomic mass is 16.4. The van der Waals surface area contributed by atoms with Gasteiger partial charge in [-0.15, -0.1) is 0 Å². The first-order valence-corrected chi connectivity index (χ1v) is 5.35. The molecule has 15 heavy (non-hydrogen) atoms. The maximum atomic E-state index is 11.2. The number of hydrogen-bond donors (Lipinski definition) is 2. The van der Waals surface area contributed by atoms with E-state index in [9.17, 15) is 9.90 Å². The molecule has 2 N–H and O–H groups in total. The van der Waals surface area contributed by atoms with Crippen molar-refractivity contribution in [2.24, 2.45) is 5.92 Å². The molecule has 0 aliphatic carbocycles. The first kappa shape index (κ1) is 14.2. The number of rotatable bonds is 4. The summed E-state index contributed by atoms with van der Waals surface area (Å²) in [6.07, 6.45) is -0.434. The number of amides is 1. The van der Waals surface area contributed by atoms with Gasteiger partial charge in [-0.05, 0) is 33.1 Å². The van der Waals surface area contributed by atoms with Crippen molar-refractivity contribution in [1.82, 2.24) is 4.90 Å². The molecule has 0 fully saturated rings. The third-order valence-electron chi connectivity index (χ3n) is 2.45. The summed E-state index contributed by atoms with van der Waals surface area (Å²) in [4.78, 5) is 12.6. The van der Waals surface area contributed by atoms with Crippen LogP contribution in [-0.4, -0.2) is 39.4 Å². The van der Waals surface area contributed by atoms with Gasteiger partial charge in [0, 0.05) is 18.2 Å². The minimum absolute atomic E-state index is 0.0166. The molecule has 1 atom stereocenters. The molecule has 0 heterocycles. The lowest BCUT2D eigenvalue weighted by molar-refractivity contribution is 0.0438. The molecule has 1 amide bonds. The molecule has 0 aliphatic rings. The molecular formula is C11H23NO3. The second kappa shape index (κ2) is 5.35. The van der Waals surface area contributed by atoms with Crippen molar-refractivity contribution in [3.63, 3.8) is 0 Å². The van der Waals surface area contributed by atoms with Crippen LogP contribution < -0.4 is 0 Å². The van der Waals surface area contributed by atoms with Gasteiger partial charge in [-0.2, -0.15) is 0 Å². The molecule has 0 aromatic rings. The molecule has 0 rings (SSSR count). The molecule has 90 valence electrons. The van der Waals surface area contributed by atoms with E-state index in [1.165, 1.54) is 4.90 Å². The highest BCUT2D eigenvalue weighted by molar-refractivity contribution is 5.66. The largest absolute Gasteiger partial charge is 0.465 e. The highest BCUT2D eigenvalue weighted by Crippen LogP contribution is 2.23. The number of nitrogens with zero attached hydrogens (tertiary/aromatic N) is 1. The summed E-state index contributed by atoms with van der Waals surface area (Å²) in [6.45, 7) is 9.57. The zero-order valence-electron chi connectivity index (χ0n) is 10.3. The van der Waals surface area contributed by atoms with E-state index in [1.54, 1.807) is 0 Å². The zero-order chi connectivity index (χ0) is 12.2. The van der Waals surface area contributed by atoms with Gasteiger partial charge in [0.15, 0.2) is 0 Å². The summed E-state index contributed by atoms with van der Waals surface area (Å²) < 4.78 is 0. The molecule has 0 spiro atoms. The Morgan fingerprint density at radius 2 is 1.80 bits per heavy atom. The Labute approximate surface area is 91.9 Å². The molecule has 0 radical (unpaired) electrons. The average Bonchev–Trinajstić information content (AvgIpc) is 1.99. The van der Waals surface area contributed by atoms with Crippen LogP contribution in [0.5, 0.6) is 0 Å². The van der Waals surface area contributed by atoms with Gasteiger partial charge in [0.25, 0.3) is 0 Å². The second-order valence-electron chi connectivity index (χ2n) is 5.15. The number of aliphatic hydroxyl groups excluding tert-OH is 1. The molecule has 0 aromatic carbocycles. The molecule has 0 bridgehead atoms. The van der Waals surface area contributed by atoms with E-state index in [1.807, 2.05) is 34.6 Å². The van der Waals surface area contributed by atoms with Crippen LogP contribution in [0.15, 0.2) is 0 Å². The van der Waals surface area contributed by atoms with Gasteiger partial charge in [0.05, 0.1) is 0 Å². The predicted molar refractivity (Wildman–Crippen MR) is 59.9 cm³/mol.